The Morgan fingerprint density at radius 1 is 1.47 bits per heavy atom. The number of fused-ring (bicyclic) bond motifs is 1. The molecule has 0 N–H and O–H groups in total. The number of nitrogens with zero attached hydrogens (tertiary/aromatic N) is 2. The van der Waals surface area contributed by atoms with Crippen molar-refractivity contribution in [3.63, 3.8) is 0 Å². The van der Waals surface area contributed by atoms with E-state index in [1.54, 1.807) is 18.2 Å². The molecular formula is C9H5BrN2O3. The summed E-state index contributed by atoms with van der Waals surface area (Å²) in [6.07, 6.45) is 1.31. The van der Waals surface area contributed by atoms with Gasteiger partial charge in [-0.25, -0.2) is 4.99 Å². The maximum absolute atomic E-state index is 11.3. The van der Waals surface area contributed by atoms with E-state index in [1.807, 2.05) is 0 Å². The number of hydrogen-bond acceptors (Lipinski definition) is 3. The highest BCUT2D eigenvalue weighted by molar-refractivity contribution is 9.10. The van der Waals surface area contributed by atoms with Crippen LogP contribution in [0.5, 0.6) is 0 Å². The Hall–Kier alpha value is -1.56. The molecule has 0 bridgehead atoms. The van der Waals surface area contributed by atoms with Crippen LogP contribution in [0.25, 0.3) is 6.08 Å². The van der Waals surface area contributed by atoms with Gasteiger partial charge in [0.25, 0.3) is 0 Å². The summed E-state index contributed by atoms with van der Waals surface area (Å²) in [6.45, 7) is 0. The number of halogens is 1. The van der Waals surface area contributed by atoms with Crippen molar-refractivity contribution in [1.29, 1.82) is 0 Å². The van der Waals surface area contributed by atoms with Gasteiger partial charge in [0, 0.05) is 20.7 Å². The van der Waals surface area contributed by atoms with Gasteiger partial charge in [0.05, 0.1) is 5.36 Å². The second kappa shape index (κ2) is 3.54. The lowest BCUT2D eigenvalue weighted by Gasteiger charge is -2.05. The number of carbonyl (C=O) groups excluding carboxylic acids is 1. The fourth-order valence-electron chi connectivity index (χ4n) is 1.35. The van der Waals surface area contributed by atoms with Crippen LogP contribution in [0.15, 0.2) is 27.7 Å². The summed E-state index contributed by atoms with van der Waals surface area (Å²) in [7, 11) is 0. The van der Waals surface area contributed by atoms with Crippen molar-refractivity contribution < 1.29 is 9.72 Å². The predicted octanol–water partition coefficient (Wildman–Crippen LogP) is 0.0347. The molecule has 0 fully saturated rings. The van der Waals surface area contributed by atoms with E-state index >= 15 is 0 Å². The number of hydrogen-bond donors (Lipinski definition) is 0. The van der Waals surface area contributed by atoms with E-state index in [9.17, 15) is 14.9 Å². The Kier molecular flexibility index (Phi) is 2.36. The van der Waals surface area contributed by atoms with Crippen LogP contribution in [0.3, 0.4) is 0 Å². The van der Waals surface area contributed by atoms with Crippen LogP contribution in [0.1, 0.15) is 0 Å². The standard InChI is InChI=1S/C9H5BrN2O3/c10-6-3-1-2-5-4-7(12(14)15)9(13)11-8(5)6/h1-4,7H. The van der Waals surface area contributed by atoms with Gasteiger partial charge in [0.1, 0.15) is 0 Å². The molecule has 1 aromatic carbocycles. The third-order valence-corrected chi connectivity index (χ3v) is 2.70. The molecule has 15 heavy (non-hydrogen) atoms. The summed E-state index contributed by atoms with van der Waals surface area (Å²) < 4.78 is 0.659. The van der Waals surface area contributed by atoms with Gasteiger partial charge in [0.15, 0.2) is 0 Å². The van der Waals surface area contributed by atoms with E-state index in [0.29, 0.717) is 15.0 Å². The predicted molar refractivity (Wildman–Crippen MR) is 55.2 cm³/mol. The van der Waals surface area contributed by atoms with Crippen LogP contribution in [0.2, 0.25) is 0 Å². The first-order valence-electron chi connectivity index (χ1n) is 4.12. The van der Waals surface area contributed by atoms with Gasteiger partial charge in [-0.3, -0.25) is 14.9 Å². The van der Waals surface area contributed by atoms with Gasteiger partial charge < -0.3 is 0 Å². The average molecular weight is 269 g/mol. The van der Waals surface area contributed by atoms with Crippen LogP contribution in [0.4, 0.5) is 0 Å². The summed E-state index contributed by atoms with van der Waals surface area (Å²) in [5.41, 5.74) is 0. The van der Waals surface area contributed by atoms with Gasteiger partial charge in [-0.15, -0.1) is 0 Å². The summed E-state index contributed by atoms with van der Waals surface area (Å²) in [5, 5.41) is 11.6. The van der Waals surface area contributed by atoms with Crippen molar-refractivity contribution >= 4 is 27.9 Å². The molecule has 0 saturated carbocycles. The Morgan fingerprint density at radius 3 is 2.87 bits per heavy atom. The maximum Gasteiger partial charge on any atom is 0.325 e. The minimum Gasteiger partial charge on any atom is -0.264 e. The molecule has 0 spiro atoms. The molecular weight excluding hydrogens is 264 g/mol. The molecule has 1 aromatic rings. The number of carbonyl (C=O) groups is 1. The molecule has 1 amide bonds. The first-order valence-corrected chi connectivity index (χ1v) is 4.91. The molecule has 0 aromatic heterocycles. The van der Waals surface area contributed by atoms with Crippen LogP contribution < -0.4 is 10.6 Å². The zero-order valence-corrected chi connectivity index (χ0v) is 8.97. The highest BCUT2D eigenvalue weighted by Gasteiger charge is 2.28. The van der Waals surface area contributed by atoms with E-state index in [1.165, 1.54) is 6.08 Å². The summed E-state index contributed by atoms with van der Waals surface area (Å²) in [5.74, 6) is -0.737. The van der Waals surface area contributed by atoms with Crippen LogP contribution >= 0.6 is 15.9 Å². The number of rotatable bonds is 1. The first kappa shape index (κ1) is 9.97. The van der Waals surface area contributed by atoms with Crippen molar-refractivity contribution in [2.45, 2.75) is 6.04 Å². The maximum atomic E-state index is 11.3. The van der Waals surface area contributed by atoms with Gasteiger partial charge in [-0.2, -0.15) is 0 Å². The van der Waals surface area contributed by atoms with Crippen molar-refractivity contribution in [1.82, 2.24) is 0 Å². The molecule has 1 aliphatic rings. The van der Waals surface area contributed by atoms with Crippen molar-refractivity contribution in [3.8, 4) is 0 Å². The van der Waals surface area contributed by atoms with E-state index in [-0.39, 0.29) is 0 Å². The minimum absolute atomic E-state index is 0.459. The van der Waals surface area contributed by atoms with E-state index in [4.69, 9.17) is 0 Å². The highest BCUT2D eigenvalue weighted by Crippen LogP contribution is 2.03. The average Bonchev–Trinajstić information content (AvgIpc) is 2.18. The van der Waals surface area contributed by atoms with Crippen LogP contribution in [-0.4, -0.2) is 16.9 Å². The quantitative estimate of drug-likeness (QED) is 0.533. The number of nitro groups is 1. The third kappa shape index (κ3) is 1.68. The molecule has 1 heterocycles. The highest BCUT2D eigenvalue weighted by atomic mass is 79.9. The Bertz CT molecular complexity index is 567. The zero-order chi connectivity index (χ0) is 11.0. The lowest BCUT2D eigenvalue weighted by Crippen LogP contribution is -2.40. The second-order valence-corrected chi connectivity index (χ2v) is 3.88. The van der Waals surface area contributed by atoms with Crippen LogP contribution in [0, 0.1) is 10.1 Å². The second-order valence-electron chi connectivity index (χ2n) is 3.02. The van der Waals surface area contributed by atoms with Crippen molar-refractivity contribution in [3.05, 3.63) is 43.4 Å². The van der Waals surface area contributed by atoms with E-state index < -0.39 is 16.9 Å². The minimum atomic E-state index is -1.35. The lowest BCUT2D eigenvalue weighted by molar-refractivity contribution is -0.490. The van der Waals surface area contributed by atoms with Crippen molar-refractivity contribution in [2.24, 2.45) is 4.99 Å². The molecule has 1 aliphatic heterocycles. The number of benzene rings is 1. The molecule has 0 aliphatic carbocycles. The molecule has 1 atom stereocenters. The molecule has 0 radical (unpaired) electrons. The van der Waals surface area contributed by atoms with Gasteiger partial charge >= 0.3 is 11.9 Å². The molecule has 2 rings (SSSR count). The molecule has 0 saturated heterocycles. The lowest BCUT2D eigenvalue weighted by atomic mass is 10.1. The van der Waals surface area contributed by atoms with Crippen LogP contribution in [-0.2, 0) is 4.79 Å². The SMILES string of the molecule is O=C1N=c2c(Br)cccc2=CC1[N+](=O)[O-]. The molecule has 5 nitrogen and oxygen atoms in total. The Labute approximate surface area is 92.4 Å². The fraction of sp³-hybridized carbons (Fsp3) is 0.111. The fourth-order valence-corrected chi connectivity index (χ4v) is 1.82. The van der Waals surface area contributed by atoms with E-state index in [2.05, 4.69) is 20.9 Å². The normalized spacial score (nSPS) is 18.7. The summed E-state index contributed by atoms with van der Waals surface area (Å²) in [4.78, 5) is 24.9. The van der Waals surface area contributed by atoms with E-state index in [0.717, 1.165) is 0 Å². The first-order chi connectivity index (χ1) is 7.09. The topological polar surface area (TPSA) is 72.6 Å². The van der Waals surface area contributed by atoms with Gasteiger partial charge in [-0.05, 0) is 22.0 Å². The Morgan fingerprint density at radius 2 is 2.20 bits per heavy atom. The van der Waals surface area contributed by atoms with Gasteiger partial charge in [0.2, 0.25) is 0 Å². The van der Waals surface area contributed by atoms with Crippen molar-refractivity contribution in [2.75, 3.05) is 0 Å². The Balaban J connectivity index is 2.73. The largest absolute Gasteiger partial charge is 0.325 e. The van der Waals surface area contributed by atoms with Gasteiger partial charge in [-0.1, -0.05) is 12.1 Å². The summed E-state index contributed by atoms with van der Waals surface area (Å²) in [6, 6.07) is 3.80. The monoisotopic (exact) mass is 268 g/mol. The number of para-hydroxylation sites is 1. The smallest absolute Gasteiger partial charge is 0.264 e. The number of amides is 1. The molecule has 6 heteroatoms. The zero-order valence-electron chi connectivity index (χ0n) is 7.38. The molecule has 76 valence electrons. The summed E-state index contributed by atoms with van der Waals surface area (Å²) >= 11 is 3.23. The third-order valence-electron chi connectivity index (χ3n) is 2.06. The molecule has 1 unspecified atom stereocenters.